The Labute approximate surface area is 164 Å². The van der Waals surface area contributed by atoms with Crippen LogP contribution in [0.4, 0.5) is 0 Å². The van der Waals surface area contributed by atoms with Crippen LogP contribution in [0.2, 0.25) is 0 Å². The van der Waals surface area contributed by atoms with Crippen molar-refractivity contribution in [2.75, 3.05) is 13.2 Å². The van der Waals surface area contributed by atoms with Gasteiger partial charge in [0.2, 0.25) is 0 Å². The lowest BCUT2D eigenvalue weighted by atomic mass is 10.1. The zero-order valence-electron chi connectivity index (χ0n) is 15.9. The number of nitrogens with zero attached hydrogens (tertiary/aromatic N) is 1. The lowest BCUT2D eigenvalue weighted by Crippen LogP contribution is -2.30. The first-order chi connectivity index (χ1) is 13.0. The molecule has 140 valence electrons. The predicted molar refractivity (Wildman–Crippen MR) is 110 cm³/mol. The maximum Gasteiger partial charge on any atom is 0.257 e. The normalized spacial score (nSPS) is 10.6. The van der Waals surface area contributed by atoms with Crippen molar-refractivity contribution in [2.45, 2.75) is 27.2 Å². The molecule has 0 saturated carbocycles. The minimum absolute atomic E-state index is 0.0327. The van der Waals surface area contributed by atoms with E-state index in [1.165, 1.54) is 5.56 Å². The highest BCUT2D eigenvalue weighted by molar-refractivity contribution is 7.09. The van der Waals surface area contributed by atoms with E-state index < -0.39 is 0 Å². The Morgan fingerprint density at radius 2 is 1.78 bits per heavy atom. The molecule has 3 aromatic rings. The molecule has 4 nitrogen and oxygen atoms in total. The standard InChI is InChI=1S/C22H24N2O2S/c1-15-10-16(2)12-20(11-15)26-13-22(25)23-9-8-18-4-6-19(7-5-18)21-14-27-17(3)24-21/h4-7,10-12,14H,8-9,13H2,1-3H3,(H,23,25). The van der Waals surface area contributed by atoms with Crippen molar-refractivity contribution in [3.8, 4) is 17.0 Å². The van der Waals surface area contributed by atoms with Crippen LogP contribution in [0.1, 0.15) is 21.7 Å². The molecule has 3 rings (SSSR count). The second-order valence-corrected chi connectivity index (χ2v) is 7.72. The van der Waals surface area contributed by atoms with Gasteiger partial charge in [-0.15, -0.1) is 11.3 Å². The van der Waals surface area contributed by atoms with E-state index >= 15 is 0 Å². The van der Waals surface area contributed by atoms with E-state index in [1.54, 1.807) is 11.3 Å². The third-order valence-electron chi connectivity index (χ3n) is 4.17. The summed E-state index contributed by atoms with van der Waals surface area (Å²) in [6.45, 7) is 6.66. The molecule has 5 heteroatoms. The summed E-state index contributed by atoms with van der Waals surface area (Å²) in [5.74, 6) is 0.624. The van der Waals surface area contributed by atoms with Crippen LogP contribution in [0.3, 0.4) is 0 Å². The minimum atomic E-state index is -0.108. The Hall–Kier alpha value is -2.66. The summed E-state index contributed by atoms with van der Waals surface area (Å²) in [6, 6.07) is 14.3. The van der Waals surface area contributed by atoms with E-state index in [4.69, 9.17) is 4.74 Å². The number of hydrogen-bond acceptors (Lipinski definition) is 4. The topological polar surface area (TPSA) is 51.2 Å². The number of ether oxygens (including phenoxy) is 1. The first-order valence-electron chi connectivity index (χ1n) is 8.99. The van der Waals surface area contributed by atoms with Gasteiger partial charge >= 0.3 is 0 Å². The van der Waals surface area contributed by atoms with Gasteiger partial charge < -0.3 is 10.1 Å². The molecule has 0 radical (unpaired) electrons. The van der Waals surface area contributed by atoms with Gasteiger partial charge in [0.1, 0.15) is 5.75 Å². The Bertz CT molecular complexity index is 896. The molecule has 0 aliphatic rings. The number of nitrogens with one attached hydrogen (secondary N) is 1. The van der Waals surface area contributed by atoms with Crippen LogP contribution in [-0.2, 0) is 11.2 Å². The van der Waals surface area contributed by atoms with Crippen LogP contribution in [-0.4, -0.2) is 24.0 Å². The first kappa shape index (κ1) is 19.1. The maximum absolute atomic E-state index is 12.0. The van der Waals surface area contributed by atoms with Gasteiger partial charge in [0, 0.05) is 17.5 Å². The Balaban J connectivity index is 1.43. The summed E-state index contributed by atoms with van der Waals surface area (Å²) in [4.78, 5) is 16.5. The molecule has 0 spiro atoms. The molecule has 1 aromatic heterocycles. The molecule has 2 aromatic carbocycles. The van der Waals surface area contributed by atoms with Gasteiger partial charge in [-0.2, -0.15) is 0 Å². The number of amides is 1. The van der Waals surface area contributed by atoms with Crippen LogP contribution in [0, 0.1) is 20.8 Å². The summed E-state index contributed by atoms with van der Waals surface area (Å²) in [5.41, 5.74) is 5.57. The molecule has 0 aliphatic heterocycles. The van der Waals surface area contributed by atoms with Crippen molar-refractivity contribution >= 4 is 17.2 Å². The number of benzene rings is 2. The van der Waals surface area contributed by atoms with Crippen molar-refractivity contribution < 1.29 is 9.53 Å². The molecule has 1 amide bonds. The largest absolute Gasteiger partial charge is 0.484 e. The van der Waals surface area contributed by atoms with E-state index in [9.17, 15) is 4.79 Å². The quantitative estimate of drug-likeness (QED) is 0.658. The van der Waals surface area contributed by atoms with E-state index in [0.717, 1.165) is 39.6 Å². The van der Waals surface area contributed by atoms with Gasteiger partial charge in [-0.3, -0.25) is 4.79 Å². The second-order valence-electron chi connectivity index (χ2n) is 6.66. The SMILES string of the molecule is Cc1cc(C)cc(OCC(=O)NCCc2ccc(-c3csc(C)n3)cc2)c1. The Kier molecular flexibility index (Phi) is 6.24. The average Bonchev–Trinajstić information content (AvgIpc) is 3.06. The van der Waals surface area contributed by atoms with Gasteiger partial charge in [0.05, 0.1) is 10.7 Å². The van der Waals surface area contributed by atoms with Crippen LogP contribution in [0.25, 0.3) is 11.3 Å². The van der Waals surface area contributed by atoms with Gasteiger partial charge in [-0.1, -0.05) is 30.3 Å². The van der Waals surface area contributed by atoms with Crippen LogP contribution in [0.15, 0.2) is 47.8 Å². The van der Waals surface area contributed by atoms with Gasteiger partial charge in [0.25, 0.3) is 5.91 Å². The summed E-state index contributed by atoms with van der Waals surface area (Å²) in [6.07, 6.45) is 0.783. The highest BCUT2D eigenvalue weighted by Gasteiger charge is 2.05. The number of hydrogen-bond donors (Lipinski definition) is 1. The number of carbonyl (C=O) groups excluding carboxylic acids is 1. The molecule has 0 aliphatic carbocycles. The maximum atomic E-state index is 12.0. The second kappa shape index (κ2) is 8.82. The van der Waals surface area contributed by atoms with E-state index in [2.05, 4.69) is 46.0 Å². The molecule has 0 bridgehead atoms. The van der Waals surface area contributed by atoms with E-state index in [-0.39, 0.29) is 12.5 Å². The van der Waals surface area contributed by atoms with Crippen molar-refractivity contribution in [1.82, 2.24) is 10.3 Å². The summed E-state index contributed by atoms with van der Waals surface area (Å²) in [5, 5.41) is 6.04. The van der Waals surface area contributed by atoms with Crippen LogP contribution < -0.4 is 10.1 Å². The molecular weight excluding hydrogens is 356 g/mol. The Morgan fingerprint density at radius 3 is 2.41 bits per heavy atom. The molecule has 1 N–H and O–H groups in total. The third kappa shape index (κ3) is 5.66. The lowest BCUT2D eigenvalue weighted by Gasteiger charge is -2.09. The van der Waals surface area contributed by atoms with Crippen molar-refractivity contribution in [3.05, 3.63) is 69.5 Å². The van der Waals surface area contributed by atoms with E-state index in [0.29, 0.717) is 6.54 Å². The fourth-order valence-corrected chi connectivity index (χ4v) is 3.52. The molecular formula is C22H24N2O2S. The number of thiazole rings is 1. The average molecular weight is 381 g/mol. The van der Waals surface area contributed by atoms with Crippen molar-refractivity contribution in [3.63, 3.8) is 0 Å². The monoisotopic (exact) mass is 380 g/mol. The zero-order valence-corrected chi connectivity index (χ0v) is 16.7. The predicted octanol–water partition coefficient (Wildman–Crippen LogP) is 4.47. The highest BCUT2D eigenvalue weighted by atomic mass is 32.1. The van der Waals surface area contributed by atoms with Crippen LogP contribution >= 0.6 is 11.3 Å². The number of rotatable bonds is 7. The van der Waals surface area contributed by atoms with Crippen LogP contribution in [0.5, 0.6) is 5.75 Å². The van der Waals surface area contributed by atoms with Gasteiger partial charge in [0.15, 0.2) is 6.61 Å². The fraction of sp³-hybridized carbons (Fsp3) is 0.273. The van der Waals surface area contributed by atoms with Gasteiger partial charge in [-0.25, -0.2) is 4.98 Å². The molecule has 0 unspecified atom stereocenters. The number of aryl methyl sites for hydroxylation is 3. The fourth-order valence-electron chi connectivity index (χ4n) is 2.90. The molecule has 0 saturated heterocycles. The number of carbonyl (C=O) groups is 1. The lowest BCUT2D eigenvalue weighted by molar-refractivity contribution is -0.123. The zero-order chi connectivity index (χ0) is 19.2. The molecule has 0 fully saturated rings. The molecule has 0 atom stereocenters. The van der Waals surface area contributed by atoms with Crippen molar-refractivity contribution in [1.29, 1.82) is 0 Å². The number of aromatic nitrogens is 1. The highest BCUT2D eigenvalue weighted by Crippen LogP contribution is 2.21. The summed E-state index contributed by atoms with van der Waals surface area (Å²) >= 11 is 1.65. The first-order valence-corrected chi connectivity index (χ1v) is 9.87. The summed E-state index contributed by atoms with van der Waals surface area (Å²) < 4.78 is 5.58. The molecule has 27 heavy (non-hydrogen) atoms. The minimum Gasteiger partial charge on any atom is -0.484 e. The molecule has 1 heterocycles. The Morgan fingerprint density at radius 1 is 1.07 bits per heavy atom. The van der Waals surface area contributed by atoms with Gasteiger partial charge in [-0.05, 0) is 56.0 Å². The third-order valence-corrected chi connectivity index (χ3v) is 4.94. The van der Waals surface area contributed by atoms with E-state index in [1.807, 2.05) is 32.9 Å². The summed E-state index contributed by atoms with van der Waals surface area (Å²) in [7, 11) is 0. The smallest absolute Gasteiger partial charge is 0.257 e. The van der Waals surface area contributed by atoms with Crippen molar-refractivity contribution in [2.24, 2.45) is 0 Å².